The summed E-state index contributed by atoms with van der Waals surface area (Å²) in [6.45, 7) is 0.000810. The first-order valence-electron chi connectivity index (χ1n) is 9.04. The number of aromatic nitrogens is 2. The zero-order chi connectivity index (χ0) is 19.8. The van der Waals surface area contributed by atoms with Crippen molar-refractivity contribution < 1.29 is 18.7 Å². The number of cyclic esters (lactones) is 1. The first kappa shape index (κ1) is 16.1. The van der Waals surface area contributed by atoms with Crippen LogP contribution in [0.2, 0.25) is 0 Å². The molecule has 1 spiro atoms. The van der Waals surface area contributed by atoms with Crippen molar-refractivity contribution in [3.05, 3.63) is 76.7 Å². The van der Waals surface area contributed by atoms with Gasteiger partial charge in [0, 0.05) is 16.8 Å². The van der Waals surface area contributed by atoms with Crippen molar-refractivity contribution in [2.45, 2.75) is 5.41 Å². The fraction of sp³-hybridized carbons (Fsp3) is 0.0952. The number of aromatic amines is 1. The summed E-state index contributed by atoms with van der Waals surface area (Å²) >= 11 is 0. The van der Waals surface area contributed by atoms with Crippen LogP contribution in [0.3, 0.4) is 0 Å². The lowest BCUT2D eigenvalue weighted by atomic mass is 9.67. The van der Waals surface area contributed by atoms with Crippen molar-refractivity contribution in [2.24, 2.45) is 0 Å². The minimum absolute atomic E-state index is 0.000810. The number of carbonyl (C=O) groups is 2. The maximum absolute atomic E-state index is 14.3. The van der Waals surface area contributed by atoms with Gasteiger partial charge in [0.05, 0.1) is 17.0 Å². The molecule has 1 atom stereocenters. The molecule has 3 aliphatic heterocycles. The van der Waals surface area contributed by atoms with Gasteiger partial charge in [-0.25, -0.2) is 9.18 Å². The Bertz CT molecular complexity index is 1260. The minimum Gasteiger partial charge on any atom is -0.456 e. The van der Waals surface area contributed by atoms with Gasteiger partial charge in [0.25, 0.3) is 0 Å². The van der Waals surface area contributed by atoms with Gasteiger partial charge in [-0.1, -0.05) is 30.3 Å². The monoisotopic (exact) mass is 388 g/mol. The highest BCUT2D eigenvalue weighted by molar-refractivity contribution is 6.19. The van der Waals surface area contributed by atoms with Gasteiger partial charge in [-0.2, -0.15) is 5.10 Å². The third-order valence-electron chi connectivity index (χ3n) is 5.68. The zero-order valence-corrected chi connectivity index (χ0v) is 14.9. The van der Waals surface area contributed by atoms with E-state index >= 15 is 0 Å². The van der Waals surface area contributed by atoms with Gasteiger partial charge in [0.15, 0.2) is 5.82 Å². The number of amides is 1. The number of anilines is 2. The summed E-state index contributed by atoms with van der Waals surface area (Å²) in [7, 11) is 0. The van der Waals surface area contributed by atoms with E-state index in [-0.39, 0.29) is 12.2 Å². The molecule has 1 amide bonds. The molecule has 2 aromatic carbocycles. The molecule has 6 rings (SSSR count). The number of nitrogens with one attached hydrogen (secondary N) is 3. The summed E-state index contributed by atoms with van der Waals surface area (Å²) in [6.07, 6.45) is 0. The Labute approximate surface area is 163 Å². The van der Waals surface area contributed by atoms with Gasteiger partial charge < -0.3 is 15.4 Å². The number of rotatable bonds is 1. The molecular weight excluding hydrogens is 375 g/mol. The summed E-state index contributed by atoms with van der Waals surface area (Å²) in [6, 6.07) is 13.4. The Kier molecular flexibility index (Phi) is 2.94. The van der Waals surface area contributed by atoms with Crippen LogP contribution in [0, 0.1) is 5.82 Å². The van der Waals surface area contributed by atoms with Crippen LogP contribution in [0.25, 0.3) is 11.3 Å². The van der Waals surface area contributed by atoms with Gasteiger partial charge in [-0.15, -0.1) is 0 Å². The van der Waals surface area contributed by atoms with E-state index in [1.54, 1.807) is 0 Å². The number of benzene rings is 2. The summed E-state index contributed by atoms with van der Waals surface area (Å²) in [4.78, 5) is 26.3. The molecule has 8 heteroatoms. The molecular formula is C21H13FN4O3. The highest BCUT2D eigenvalue weighted by atomic mass is 19.1. The second-order valence-corrected chi connectivity index (χ2v) is 7.14. The van der Waals surface area contributed by atoms with Gasteiger partial charge >= 0.3 is 5.97 Å². The van der Waals surface area contributed by atoms with Crippen LogP contribution in [-0.4, -0.2) is 28.7 Å². The quantitative estimate of drug-likeness (QED) is 0.557. The van der Waals surface area contributed by atoms with E-state index in [1.165, 1.54) is 18.2 Å². The molecule has 0 bridgehead atoms. The number of ether oxygens (including phenoxy) is 1. The topological polar surface area (TPSA) is 96.1 Å². The van der Waals surface area contributed by atoms with E-state index in [4.69, 9.17) is 4.74 Å². The lowest BCUT2D eigenvalue weighted by Crippen LogP contribution is -2.43. The maximum Gasteiger partial charge on any atom is 0.338 e. The van der Waals surface area contributed by atoms with Crippen molar-refractivity contribution in [1.29, 1.82) is 0 Å². The number of hydrogen-bond donors (Lipinski definition) is 3. The SMILES string of the molecule is O=C1OCC2=C1C1(C(=O)Nc3ccc(F)cc31)c1c(n[nH]c1-c1ccccc1)N2. The minimum atomic E-state index is -1.56. The van der Waals surface area contributed by atoms with Crippen molar-refractivity contribution in [3.63, 3.8) is 0 Å². The normalized spacial score (nSPS) is 21.4. The number of fused-ring (bicyclic) bond motifs is 5. The number of nitrogens with zero attached hydrogens (tertiary/aromatic N) is 1. The molecule has 1 aromatic heterocycles. The first-order chi connectivity index (χ1) is 14.1. The fourth-order valence-electron chi connectivity index (χ4n) is 4.53. The van der Waals surface area contributed by atoms with E-state index in [0.29, 0.717) is 34.0 Å². The average Bonchev–Trinajstić information content (AvgIpc) is 3.39. The lowest BCUT2D eigenvalue weighted by molar-refractivity contribution is -0.137. The van der Waals surface area contributed by atoms with Crippen LogP contribution < -0.4 is 10.6 Å². The summed E-state index contributed by atoms with van der Waals surface area (Å²) < 4.78 is 19.5. The molecule has 4 heterocycles. The number of hydrogen-bond acceptors (Lipinski definition) is 5. The van der Waals surface area contributed by atoms with Crippen LogP contribution in [0.1, 0.15) is 11.1 Å². The number of H-pyrrole nitrogens is 1. The molecule has 3 N–H and O–H groups in total. The van der Waals surface area contributed by atoms with Gasteiger partial charge in [-0.3, -0.25) is 9.89 Å². The Morgan fingerprint density at radius 2 is 1.90 bits per heavy atom. The smallest absolute Gasteiger partial charge is 0.338 e. The standard InChI is InChI=1S/C21H13FN4O3/c22-11-6-7-13-12(8-11)21(20(28)24-13)15-14(9-29-19(15)27)23-18-16(21)17(25-26-18)10-4-2-1-3-5-10/h1-8H,9H2,(H,24,28)(H2,23,25,26). The van der Waals surface area contributed by atoms with Crippen molar-refractivity contribution >= 4 is 23.4 Å². The Hall–Kier alpha value is -3.94. The third-order valence-corrected chi connectivity index (χ3v) is 5.68. The summed E-state index contributed by atoms with van der Waals surface area (Å²) in [5.74, 6) is -1.14. The third kappa shape index (κ3) is 1.87. The van der Waals surface area contributed by atoms with Crippen LogP contribution in [0.15, 0.2) is 59.8 Å². The molecule has 0 saturated carbocycles. The van der Waals surface area contributed by atoms with Crippen LogP contribution in [0.5, 0.6) is 0 Å². The van der Waals surface area contributed by atoms with Crippen LogP contribution in [0.4, 0.5) is 15.9 Å². The summed E-state index contributed by atoms with van der Waals surface area (Å²) in [5, 5.41) is 13.3. The van der Waals surface area contributed by atoms with Gasteiger partial charge in [-0.05, 0) is 23.8 Å². The molecule has 3 aromatic rings. The molecule has 29 heavy (non-hydrogen) atoms. The highest BCUT2D eigenvalue weighted by Crippen LogP contribution is 2.56. The Morgan fingerprint density at radius 3 is 2.72 bits per heavy atom. The predicted octanol–water partition coefficient (Wildman–Crippen LogP) is 2.69. The summed E-state index contributed by atoms with van der Waals surface area (Å²) in [5.41, 5.74) is 1.74. The van der Waals surface area contributed by atoms with Crippen molar-refractivity contribution in [1.82, 2.24) is 10.2 Å². The molecule has 1 unspecified atom stereocenters. The second-order valence-electron chi connectivity index (χ2n) is 7.14. The molecule has 0 radical (unpaired) electrons. The van der Waals surface area contributed by atoms with Gasteiger partial charge in [0.2, 0.25) is 5.91 Å². The molecule has 0 aliphatic carbocycles. The largest absolute Gasteiger partial charge is 0.456 e. The lowest BCUT2D eigenvalue weighted by Gasteiger charge is -2.32. The number of carbonyl (C=O) groups excluding carboxylic acids is 2. The maximum atomic E-state index is 14.3. The van der Waals surface area contributed by atoms with E-state index in [0.717, 1.165) is 5.56 Å². The molecule has 0 fully saturated rings. The van der Waals surface area contributed by atoms with Crippen molar-refractivity contribution in [2.75, 3.05) is 17.2 Å². The van der Waals surface area contributed by atoms with E-state index in [1.807, 2.05) is 30.3 Å². The van der Waals surface area contributed by atoms with Crippen LogP contribution >= 0.6 is 0 Å². The van der Waals surface area contributed by atoms with E-state index < -0.39 is 23.1 Å². The highest BCUT2D eigenvalue weighted by Gasteiger charge is 2.61. The molecule has 7 nitrogen and oxygen atoms in total. The van der Waals surface area contributed by atoms with E-state index in [2.05, 4.69) is 20.8 Å². The number of halogens is 1. The number of esters is 1. The average molecular weight is 388 g/mol. The van der Waals surface area contributed by atoms with Crippen molar-refractivity contribution in [3.8, 4) is 11.3 Å². The Morgan fingerprint density at radius 1 is 1.07 bits per heavy atom. The fourth-order valence-corrected chi connectivity index (χ4v) is 4.53. The molecule has 3 aliphatic rings. The molecule has 0 saturated heterocycles. The van der Waals surface area contributed by atoms with E-state index in [9.17, 15) is 14.0 Å². The Balaban J connectivity index is 1.75. The second kappa shape index (κ2) is 5.32. The predicted molar refractivity (Wildman–Crippen MR) is 101 cm³/mol. The molecule has 142 valence electrons. The first-order valence-corrected chi connectivity index (χ1v) is 9.04. The van der Waals surface area contributed by atoms with Crippen LogP contribution in [-0.2, 0) is 19.7 Å². The zero-order valence-electron chi connectivity index (χ0n) is 14.9. The van der Waals surface area contributed by atoms with Gasteiger partial charge in [0.1, 0.15) is 17.8 Å².